The maximum Gasteiger partial charge on any atom is 0.270 e. The fourth-order valence-corrected chi connectivity index (χ4v) is 3.14. The molecule has 3 atom stereocenters. The van der Waals surface area contributed by atoms with Crippen LogP contribution in [0.25, 0.3) is 10.9 Å². The third-order valence-electron chi connectivity index (χ3n) is 4.40. The minimum absolute atomic E-state index is 0.00571. The van der Waals surface area contributed by atoms with E-state index in [-0.39, 0.29) is 25.1 Å². The predicted octanol–water partition coefficient (Wildman–Crippen LogP) is 1.41. The van der Waals surface area contributed by atoms with Crippen LogP contribution in [0.1, 0.15) is 12.0 Å². The van der Waals surface area contributed by atoms with Crippen LogP contribution < -0.4 is 5.73 Å². The number of nitrogens with two attached hydrogens (primary N) is 1. The number of likely N-dealkylation sites (tertiary alicyclic amines) is 1. The van der Waals surface area contributed by atoms with E-state index in [9.17, 15) is 19.3 Å². The summed E-state index contributed by atoms with van der Waals surface area (Å²) >= 11 is 0. The number of halogens is 1. The Morgan fingerprint density at radius 2 is 2.36 bits per heavy atom. The maximum absolute atomic E-state index is 13.5. The molecule has 0 bridgehead atoms. The summed E-state index contributed by atoms with van der Waals surface area (Å²) in [6.45, 7) is -0.135. The van der Waals surface area contributed by atoms with Crippen molar-refractivity contribution in [1.29, 1.82) is 5.26 Å². The Morgan fingerprint density at radius 1 is 1.60 bits per heavy atom. The van der Waals surface area contributed by atoms with Crippen molar-refractivity contribution < 1.29 is 14.1 Å². The predicted molar refractivity (Wildman–Crippen MR) is 87.3 cm³/mol. The lowest BCUT2D eigenvalue weighted by Gasteiger charge is -2.23. The quantitative estimate of drug-likeness (QED) is 0.639. The number of H-pyrrole nitrogens is 1. The van der Waals surface area contributed by atoms with Crippen molar-refractivity contribution in [1.82, 2.24) is 9.88 Å². The minimum Gasteiger partial charge on any atom is -0.361 e. The summed E-state index contributed by atoms with van der Waals surface area (Å²) in [5, 5.41) is 20.6. The molecule has 8 nitrogen and oxygen atoms in total. The Morgan fingerprint density at radius 3 is 3.04 bits per heavy atom. The number of alkyl halides is 1. The minimum atomic E-state index is -1.23. The molecule has 1 amide bonds. The molecule has 130 valence electrons. The third-order valence-corrected chi connectivity index (χ3v) is 4.40. The number of aromatic amines is 1. The van der Waals surface area contributed by atoms with Gasteiger partial charge in [0.2, 0.25) is 5.91 Å². The number of rotatable bonds is 4. The van der Waals surface area contributed by atoms with Crippen molar-refractivity contribution in [3.8, 4) is 6.07 Å². The number of benzene rings is 1. The van der Waals surface area contributed by atoms with Crippen molar-refractivity contribution in [2.45, 2.75) is 31.1 Å². The van der Waals surface area contributed by atoms with E-state index in [0.717, 1.165) is 0 Å². The summed E-state index contributed by atoms with van der Waals surface area (Å²) in [7, 11) is 0. The molecule has 0 aliphatic carbocycles. The van der Waals surface area contributed by atoms with Crippen LogP contribution in [-0.2, 0) is 11.2 Å². The summed E-state index contributed by atoms with van der Waals surface area (Å²) < 4.78 is 13.5. The summed E-state index contributed by atoms with van der Waals surface area (Å²) in [6.07, 6.45) is 0.544. The lowest BCUT2D eigenvalue weighted by molar-refractivity contribution is -0.384. The molecule has 1 aliphatic heterocycles. The van der Waals surface area contributed by atoms with Crippen molar-refractivity contribution in [2.75, 3.05) is 6.54 Å². The molecule has 9 heteroatoms. The summed E-state index contributed by atoms with van der Waals surface area (Å²) in [4.78, 5) is 27.0. The van der Waals surface area contributed by atoms with Crippen LogP contribution in [0, 0.1) is 21.4 Å². The van der Waals surface area contributed by atoms with E-state index in [1.807, 2.05) is 6.07 Å². The number of fused-ring (bicyclic) bond motifs is 1. The fourth-order valence-electron chi connectivity index (χ4n) is 3.14. The van der Waals surface area contributed by atoms with Gasteiger partial charge in [-0.15, -0.1) is 0 Å². The molecule has 1 aliphatic rings. The third kappa shape index (κ3) is 3.16. The molecule has 3 rings (SSSR count). The summed E-state index contributed by atoms with van der Waals surface area (Å²) in [5.74, 6) is -0.494. The van der Waals surface area contributed by atoms with Crippen LogP contribution >= 0.6 is 0 Å². The Kier molecular flexibility index (Phi) is 4.37. The van der Waals surface area contributed by atoms with Gasteiger partial charge in [0.05, 0.1) is 23.6 Å². The van der Waals surface area contributed by atoms with Gasteiger partial charge >= 0.3 is 0 Å². The SMILES string of the molecule is N#C[C@@H]1C[C@H](F)CN1C(=O)[C@@H](N)Cc1c[nH]c2ccc([N+](=O)[O-])cc12. The van der Waals surface area contributed by atoms with E-state index in [4.69, 9.17) is 11.0 Å². The molecule has 25 heavy (non-hydrogen) atoms. The number of amides is 1. The first kappa shape index (κ1) is 16.9. The maximum atomic E-state index is 13.5. The average molecular weight is 345 g/mol. The van der Waals surface area contributed by atoms with Crippen molar-refractivity contribution in [2.24, 2.45) is 5.73 Å². The second-order valence-electron chi connectivity index (χ2n) is 6.08. The molecule has 0 saturated carbocycles. The summed E-state index contributed by atoms with van der Waals surface area (Å²) in [6, 6.07) is 4.54. The molecule has 1 fully saturated rings. The fraction of sp³-hybridized carbons (Fsp3) is 0.375. The average Bonchev–Trinajstić information content (AvgIpc) is 3.16. The smallest absolute Gasteiger partial charge is 0.270 e. The van der Waals surface area contributed by atoms with Gasteiger partial charge in [-0.05, 0) is 18.1 Å². The van der Waals surface area contributed by atoms with Crippen molar-refractivity contribution in [3.05, 3.63) is 40.1 Å². The number of carbonyl (C=O) groups is 1. The number of aromatic nitrogens is 1. The molecule has 0 radical (unpaired) electrons. The van der Waals surface area contributed by atoms with Crippen LogP contribution in [0.15, 0.2) is 24.4 Å². The molecule has 1 saturated heterocycles. The second kappa shape index (κ2) is 6.49. The monoisotopic (exact) mass is 345 g/mol. The second-order valence-corrected chi connectivity index (χ2v) is 6.08. The lowest BCUT2D eigenvalue weighted by Crippen LogP contribution is -2.46. The Labute approximate surface area is 142 Å². The number of hydrogen-bond acceptors (Lipinski definition) is 5. The van der Waals surface area contributed by atoms with Gasteiger partial charge in [-0.1, -0.05) is 0 Å². The number of nitro benzene ring substituents is 1. The molecule has 3 N–H and O–H groups in total. The van der Waals surface area contributed by atoms with E-state index in [1.54, 1.807) is 12.3 Å². The zero-order valence-electron chi connectivity index (χ0n) is 13.2. The van der Waals surface area contributed by atoms with Crippen LogP contribution in [0.3, 0.4) is 0 Å². The largest absolute Gasteiger partial charge is 0.361 e. The highest BCUT2D eigenvalue weighted by Crippen LogP contribution is 2.25. The van der Waals surface area contributed by atoms with Gasteiger partial charge in [0.25, 0.3) is 5.69 Å². The van der Waals surface area contributed by atoms with E-state index >= 15 is 0 Å². The molecule has 1 aromatic heterocycles. The normalized spacial score (nSPS) is 21.2. The molecular formula is C16H16FN5O3. The highest BCUT2D eigenvalue weighted by Gasteiger charge is 2.37. The molecule has 2 aromatic rings. The first-order chi connectivity index (χ1) is 11.9. The van der Waals surface area contributed by atoms with Gasteiger partial charge in [0.1, 0.15) is 12.2 Å². The topological polar surface area (TPSA) is 129 Å². The first-order valence-electron chi connectivity index (χ1n) is 7.75. The van der Waals surface area contributed by atoms with Gasteiger partial charge in [-0.25, -0.2) is 4.39 Å². The molecular weight excluding hydrogens is 329 g/mol. The molecule has 1 aromatic carbocycles. The molecule has 0 spiro atoms. The number of carbonyl (C=O) groups excluding carboxylic acids is 1. The Balaban J connectivity index is 1.81. The van der Waals surface area contributed by atoms with E-state index in [1.165, 1.54) is 17.0 Å². The number of non-ortho nitro benzene ring substituents is 1. The Bertz CT molecular complexity index is 874. The van der Waals surface area contributed by atoms with Crippen molar-refractivity contribution >= 4 is 22.5 Å². The first-order valence-corrected chi connectivity index (χ1v) is 7.75. The van der Waals surface area contributed by atoms with Gasteiger partial charge in [0.15, 0.2) is 0 Å². The standard InChI is InChI=1S/C16H16FN5O3/c17-10-4-12(6-18)21(8-10)16(23)14(19)3-9-7-20-15-2-1-11(22(24)25)5-13(9)15/h1-2,5,7,10,12,14,20H,3-4,8,19H2/t10-,12-,14-/m0/s1. The zero-order valence-corrected chi connectivity index (χ0v) is 13.2. The zero-order chi connectivity index (χ0) is 18.1. The van der Waals surface area contributed by atoms with E-state index < -0.39 is 29.1 Å². The van der Waals surface area contributed by atoms with Gasteiger partial charge in [-0.2, -0.15) is 5.26 Å². The van der Waals surface area contributed by atoms with Gasteiger partial charge < -0.3 is 15.6 Å². The number of nitro groups is 1. The van der Waals surface area contributed by atoms with E-state index in [0.29, 0.717) is 16.5 Å². The number of nitrogens with one attached hydrogen (secondary N) is 1. The number of hydrogen-bond donors (Lipinski definition) is 2. The molecule has 0 unspecified atom stereocenters. The Hall–Kier alpha value is -2.99. The highest BCUT2D eigenvalue weighted by molar-refractivity contribution is 5.87. The van der Waals surface area contributed by atoms with Crippen LogP contribution in [0.2, 0.25) is 0 Å². The number of nitriles is 1. The van der Waals surface area contributed by atoms with Gasteiger partial charge in [0, 0.05) is 35.7 Å². The number of nitrogens with zero attached hydrogens (tertiary/aromatic N) is 3. The summed E-state index contributed by atoms with van der Waals surface area (Å²) in [5.41, 5.74) is 7.26. The van der Waals surface area contributed by atoms with Crippen LogP contribution in [-0.4, -0.2) is 45.5 Å². The molecule has 2 heterocycles. The van der Waals surface area contributed by atoms with Gasteiger partial charge in [-0.3, -0.25) is 14.9 Å². The lowest BCUT2D eigenvalue weighted by atomic mass is 10.0. The van der Waals surface area contributed by atoms with Crippen LogP contribution in [0.5, 0.6) is 0 Å². The highest BCUT2D eigenvalue weighted by atomic mass is 19.1. The van der Waals surface area contributed by atoms with E-state index in [2.05, 4.69) is 4.98 Å². The van der Waals surface area contributed by atoms with Crippen molar-refractivity contribution in [3.63, 3.8) is 0 Å². The van der Waals surface area contributed by atoms with Crippen LogP contribution in [0.4, 0.5) is 10.1 Å².